The molecule has 9 heteroatoms. The number of carbonyl (C=O) groups is 3. The quantitative estimate of drug-likeness (QED) is 0.397. The average molecular weight is 390 g/mol. The van der Waals surface area contributed by atoms with Crippen LogP contribution in [-0.4, -0.2) is 77.8 Å². The highest BCUT2D eigenvalue weighted by Crippen LogP contribution is 2.16. The molecule has 0 spiro atoms. The average Bonchev–Trinajstić information content (AvgIpc) is 2.71. The molecule has 1 atom stereocenters. The number of carboxylic acid groups (broad SMARTS) is 1. The first kappa shape index (κ1) is 21.4. The Morgan fingerprint density at radius 3 is 2.46 bits per heavy atom. The first-order valence-corrected chi connectivity index (χ1v) is 9.06. The van der Waals surface area contributed by atoms with Crippen LogP contribution in [-0.2, 0) is 14.3 Å². The molecule has 0 aromatic heterocycles. The van der Waals surface area contributed by atoms with Gasteiger partial charge >= 0.3 is 5.97 Å². The third kappa shape index (κ3) is 5.53. The fraction of sp³-hybridized carbons (Fsp3) is 0.474. The lowest BCUT2D eigenvalue weighted by Crippen LogP contribution is -2.50. The monoisotopic (exact) mass is 390 g/mol. The van der Waals surface area contributed by atoms with E-state index < -0.39 is 12.0 Å². The van der Waals surface area contributed by atoms with Crippen molar-refractivity contribution in [1.82, 2.24) is 9.80 Å². The third-order valence-electron chi connectivity index (χ3n) is 4.84. The van der Waals surface area contributed by atoms with Crippen LogP contribution >= 0.6 is 0 Å². The zero-order valence-electron chi connectivity index (χ0n) is 16.1. The largest absolute Gasteiger partial charge is 0.480 e. The number of nitrogens with zero attached hydrogens (tertiary/aromatic N) is 3. The number of ether oxygens (including phenoxy) is 1. The maximum atomic E-state index is 12.8. The molecule has 3 N–H and O–H groups in total. The maximum Gasteiger partial charge on any atom is 0.329 e. The van der Waals surface area contributed by atoms with Gasteiger partial charge in [-0.15, -0.1) is 0 Å². The van der Waals surface area contributed by atoms with E-state index >= 15 is 0 Å². The number of likely N-dealkylation sites (tertiary alicyclic amines) is 1. The van der Waals surface area contributed by atoms with Crippen LogP contribution in [0.4, 0.5) is 0 Å². The van der Waals surface area contributed by atoms with Gasteiger partial charge in [-0.2, -0.15) is 5.10 Å². The van der Waals surface area contributed by atoms with Gasteiger partial charge < -0.3 is 25.5 Å². The Morgan fingerprint density at radius 2 is 1.93 bits per heavy atom. The van der Waals surface area contributed by atoms with Crippen LogP contribution in [0.25, 0.3) is 0 Å². The Labute approximate surface area is 163 Å². The van der Waals surface area contributed by atoms with Crippen molar-refractivity contribution in [2.75, 3.05) is 26.7 Å². The summed E-state index contributed by atoms with van der Waals surface area (Å²) in [5, 5.41) is 12.1. The molecule has 1 aromatic carbocycles. The maximum absolute atomic E-state index is 12.8. The number of carboxylic acids is 1. The highest BCUT2D eigenvalue weighted by molar-refractivity contribution is 5.97. The van der Waals surface area contributed by atoms with E-state index in [4.69, 9.17) is 15.7 Å². The molecule has 2 amide bonds. The van der Waals surface area contributed by atoms with Crippen molar-refractivity contribution in [3.05, 3.63) is 35.4 Å². The minimum Gasteiger partial charge on any atom is -0.480 e. The van der Waals surface area contributed by atoms with Crippen molar-refractivity contribution in [1.29, 1.82) is 0 Å². The lowest BCUT2D eigenvalue weighted by Gasteiger charge is -2.35. The molecule has 152 valence electrons. The summed E-state index contributed by atoms with van der Waals surface area (Å²) in [7, 11) is 1.60. The van der Waals surface area contributed by atoms with Gasteiger partial charge in [0.1, 0.15) is 12.6 Å². The van der Waals surface area contributed by atoms with Gasteiger partial charge in [0.2, 0.25) is 5.91 Å². The number of amides is 2. The number of rotatable bonds is 7. The normalized spacial score (nSPS) is 16.1. The molecule has 1 fully saturated rings. The second kappa shape index (κ2) is 9.84. The van der Waals surface area contributed by atoms with Gasteiger partial charge in [-0.1, -0.05) is 12.1 Å². The number of benzene rings is 1. The lowest BCUT2D eigenvalue weighted by molar-refractivity contribution is -0.147. The van der Waals surface area contributed by atoms with E-state index in [2.05, 4.69) is 5.10 Å². The van der Waals surface area contributed by atoms with E-state index in [1.165, 1.54) is 11.1 Å². The molecule has 1 saturated heterocycles. The number of aliphatic carboxylic acids is 1. The Hall–Kier alpha value is -2.94. The van der Waals surface area contributed by atoms with Crippen molar-refractivity contribution in [3.8, 4) is 0 Å². The van der Waals surface area contributed by atoms with Crippen LogP contribution in [0.15, 0.2) is 29.4 Å². The Morgan fingerprint density at radius 1 is 1.32 bits per heavy atom. The molecule has 1 aliphatic rings. The molecule has 0 bridgehead atoms. The van der Waals surface area contributed by atoms with Crippen molar-refractivity contribution in [2.45, 2.75) is 31.9 Å². The van der Waals surface area contributed by atoms with Crippen LogP contribution < -0.4 is 5.84 Å². The molecule has 9 nitrogen and oxygen atoms in total. The molecule has 2 rings (SSSR count). The lowest BCUT2D eigenvalue weighted by atomic mass is 10.1. The number of nitrogens with two attached hydrogens (primary N) is 1. The second-order valence-corrected chi connectivity index (χ2v) is 6.72. The Balaban J connectivity index is 1.91. The molecule has 1 aromatic rings. The van der Waals surface area contributed by atoms with E-state index in [1.54, 1.807) is 43.1 Å². The SMILES string of the molecule is C[C@@H](C(=O)N1CCC(OCC(=O)O)CC1)N(C)C(=O)c1ccc(C=NN)cc1. The van der Waals surface area contributed by atoms with Crippen LogP contribution in [0.1, 0.15) is 35.7 Å². The van der Waals surface area contributed by atoms with Gasteiger partial charge in [0.15, 0.2) is 0 Å². The zero-order chi connectivity index (χ0) is 20.7. The molecule has 1 aliphatic heterocycles. The minimum absolute atomic E-state index is 0.139. The predicted octanol–water partition coefficient (Wildman–Crippen LogP) is 0.532. The summed E-state index contributed by atoms with van der Waals surface area (Å²) in [6.07, 6.45) is 2.47. The molecule has 0 unspecified atom stereocenters. The van der Waals surface area contributed by atoms with Crippen molar-refractivity contribution in [2.24, 2.45) is 10.9 Å². The van der Waals surface area contributed by atoms with Crippen LogP contribution in [0, 0.1) is 0 Å². The molecule has 0 aliphatic carbocycles. The van der Waals surface area contributed by atoms with Crippen molar-refractivity contribution in [3.63, 3.8) is 0 Å². The van der Waals surface area contributed by atoms with Gasteiger partial charge in [0, 0.05) is 25.7 Å². The number of hydrazone groups is 1. The molecule has 0 saturated carbocycles. The van der Waals surface area contributed by atoms with Gasteiger partial charge in [0.25, 0.3) is 5.91 Å². The molecular formula is C19H26N4O5. The van der Waals surface area contributed by atoms with Gasteiger partial charge in [-0.05, 0) is 37.5 Å². The van der Waals surface area contributed by atoms with Gasteiger partial charge in [0.05, 0.1) is 12.3 Å². The minimum atomic E-state index is -1.00. The Kier molecular flexibility index (Phi) is 7.51. The van der Waals surface area contributed by atoms with E-state index in [-0.39, 0.29) is 24.5 Å². The summed E-state index contributed by atoms with van der Waals surface area (Å²) >= 11 is 0. The standard InChI is InChI=1S/C19H26N4O5/c1-13(18(26)23-9-7-16(8-10-23)28-12-17(24)25)22(2)19(27)15-5-3-14(4-6-15)11-21-20/h3-6,11,13,16H,7-10,12,20H2,1-2H3,(H,24,25)/t13-/m0/s1. The number of piperidine rings is 1. The van der Waals surface area contributed by atoms with E-state index in [9.17, 15) is 14.4 Å². The van der Waals surface area contributed by atoms with E-state index in [0.29, 0.717) is 31.5 Å². The number of likely N-dealkylation sites (N-methyl/N-ethyl adjacent to an activating group) is 1. The van der Waals surface area contributed by atoms with E-state index in [0.717, 1.165) is 5.56 Å². The third-order valence-corrected chi connectivity index (χ3v) is 4.84. The number of hydrogen-bond donors (Lipinski definition) is 2. The molecular weight excluding hydrogens is 364 g/mol. The Bertz CT molecular complexity index is 726. The fourth-order valence-corrected chi connectivity index (χ4v) is 3.04. The topological polar surface area (TPSA) is 126 Å². The smallest absolute Gasteiger partial charge is 0.329 e. The molecule has 0 radical (unpaired) electrons. The highest BCUT2D eigenvalue weighted by atomic mass is 16.5. The summed E-state index contributed by atoms with van der Waals surface area (Å²) in [4.78, 5) is 39.1. The molecule has 1 heterocycles. The van der Waals surface area contributed by atoms with Crippen LogP contribution in [0.2, 0.25) is 0 Å². The van der Waals surface area contributed by atoms with Gasteiger partial charge in [-0.25, -0.2) is 4.79 Å². The molecule has 28 heavy (non-hydrogen) atoms. The first-order valence-electron chi connectivity index (χ1n) is 9.06. The summed E-state index contributed by atoms with van der Waals surface area (Å²) in [5.41, 5.74) is 1.25. The summed E-state index contributed by atoms with van der Waals surface area (Å²) < 4.78 is 5.28. The summed E-state index contributed by atoms with van der Waals surface area (Å²) in [6.45, 7) is 2.32. The second-order valence-electron chi connectivity index (χ2n) is 6.72. The first-order chi connectivity index (χ1) is 13.3. The van der Waals surface area contributed by atoms with Gasteiger partial charge in [-0.3, -0.25) is 9.59 Å². The van der Waals surface area contributed by atoms with Crippen LogP contribution in [0.5, 0.6) is 0 Å². The van der Waals surface area contributed by atoms with Crippen LogP contribution in [0.3, 0.4) is 0 Å². The summed E-state index contributed by atoms with van der Waals surface area (Å²) in [5.74, 6) is 3.71. The predicted molar refractivity (Wildman–Crippen MR) is 103 cm³/mol. The number of hydrogen-bond acceptors (Lipinski definition) is 6. The number of carbonyl (C=O) groups excluding carboxylic acids is 2. The highest BCUT2D eigenvalue weighted by Gasteiger charge is 2.30. The summed E-state index contributed by atoms with van der Waals surface area (Å²) in [6, 6.07) is 6.17. The zero-order valence-corrected chi connectivity index (χ0v) is 16.1. The van der Waals surface area contributed by atoms with E-state index in [1.807, 2.05) is 0 Å². The van der Waals surface area contributed by atoms with Crippen molar-refractivity contribution >= 4 is 24.0 Å². The van der Waals surface area contributed by atoms with Crippen molar-refractivity contribution < 1.29 is 24.2 Å². The fourth-order valence-electron chi connectivity index (χ4n) is 3.04.